The second kappa shape index (κ2) is 8.30. The molecule has 0 bridgehead atoms. The zero-order chi connectivity index (χ0) is 17.6. The molecular formula is C22H28N2O. The van der Waals surface area contributed by atoms with Crippen molar-refractivity contribution in [3.63, 3.8) is 0 Å². The molecule has 1 aliphatic carbocycles. The van der Waals surface area contributed by atoms with Gasteiger partial charge in [-0.05, 0) is 49.0 Å². The van der Waals surface area contributed by atoms with Crippen molar-refractivity contribution < 1.29 is 4.79 Å². The van der Waals surface area contributed by atoms with Crippen LogP contribution in [-0.4, -0.2) is 29.9 Å². The molecular weight excluding hydrogens is 308 g/mol. The molecule has 0 fully saturated rings. The van der Waals surface area contributed by atoms with Crippen LogP contribution in [0.4, 0.5) is 0 Å². The molecule has 0 aromatic heterocycles. The van der Waals surface area contributed by atoms with Crippen molar-refractivity contribution in [3.8, 4) is 0 Å². The third-order valence-electron chi connectivity index (χ3n) is 5.23. The highest BCUT2D eigenvalue weighted by atomic mass is 16.2. The minimum absolute atomic E-state index is 0.124. The molecule has 2 aromatic carbocycles. The van der Waals surface area contributed by atoms with Gasteiger partial charge in [-0.25, -0.2) is 0 Å². The Kier molecular flexibility index (Phi) is 5.87. The lowest BCUT2D eigenvalue weighted by molar-refractivity contribution is -0.127. The summed E-state index contributed by atoms with van der Waals surface area (Å²) in [6.45, 7) is 5.95. The fraction of sp³-hybridized carbons (Fsp3) is 0.409. The molecule has 0 saturated heterocycles. The highest BCUT2D eigenvalue weighted by molar-refractivity contribution is 5.83. The maximum Gasteiger partial charge on any atom is 0.242 e. The number of hydrogen-bond acceptors (Lipinski definition) is 2. The molecule has 25 heavy (non-hydrogen) atoms. The Morgan fingerprint density at radius 1 is 1.04 bits per heavy atom. The molecule has 3 nitrogen and oxygen atoms in total. The molecule has 0 aliphatic heterocycles. The number of aryl methyl sites for hydroxylation is 1. The quantitative estimate of drug-likeness (QED) is 0.871. The minimum atomic E-state index is -0.214. The van der Waals surface area contributed by atoms with Crippen LogP contribution in [-0.2, 0) is 17.6 Å². The van der Waals surface area contributed by atoms with E-state index in [9.17, 15) is 4.79 Å². The van der Waals surface area contributed by atoms with Crippen LogP contribution in [0.1, 0.15) is 43.0 Å². The number of amides is 1. The number of likely N-dealkylation sites (N-methyl/N-ethyl adjacent to an activating group) is 1. The Hall–Kier alpha value is -2.13. The lowest BCUT2D eigenvalue weighted by atomic mass is 9.88. The van der Waals surface area contributed by atoms with Gasteiger partial charge < -0.3 is 5.32 Å². The van der Waals surface area contributed by atoms with Crippen LogP contribution in [0, 0.1) is 0 Å². The highest BCUT2D eigenvalue weighted by Gasteiger charge is 2.28. The van der Waals surface area contributed by atoms with E-state index in [0.717, 1.165) is 37.9 Å². The molecule has 2 unspecified atom stereocenters. The van der Waals surface area contributed by atoms with E-state index in [-0.39, 0.29) is 18.0 Å². The van der Waals surface area contributed by atoms with Gasteiger partial charge in [0, 0.05) is 6.04 Å². The lowest BCUT2D eigenvalue weighted by Crippen LogP contribution is -2.46. The summed E-state index contributed by atoms with van der Waals surface area (Å²) in [7, 11) is 0. The molecule has 1 aliphatic rings. The van der Waals surface area contributed by atoms with Crippen molar-refractivity contribution >= 4 is 5.91 Å². The molecule has 3 heteroatoms. The van der Waals surface area contributed by atoms with E-state index in [1.165, 1.54) is 11.1 Å². The van der Waals surface area contributed by atoms with Crippen LogP contribution in [0.5, 0.6) is 0 Å². The standard InChI is InChI=1S/C22H28N2O/c1-3-24(4-2)21(18-11-6-5-7-12-18)22(25)23-20-15-14-17-10-8-9-13-19(17)16-20/h5-13,20-21H,3-4,14-16H2,1-2H3,(H,23,25). The second-order valence-electron chi connectivity index (χ2n) is 6.75. The average molecular weight is 336 g/mol. The number of rotatable bonds is 6. The molecule has 0 heterocycles. The first-order valence-electron chi connectivity index (χ1n) is 9.39. The monoisotopic (exact) mass is 336 g/mol. The molecule has 132 valence electrons. The van der Waals surface area contributed by atoms with E-state index in [1.807, 2.05) is 18.2 Å². The summed E-state index contributed by atoms with van der Waals surface area (Å²) in [5, 5.41) is 3.33. The zero-order valence-corrected chi connectivity index (χ0v) is 15.2. The number of nitrogens with one attached hydrogen (secondary N) is 1. The van der Waals surface area contributed by atoms with Gasteiger partial charge in [0.2, 0.25) is 5.91 Å². The predicted molar refractivity (Wildman–Crippen MR) is 103 cm³/mol. The molecule has 1 amide bonds. The van der Waals surface area contributed by atoms with E-state index < -0.39 is 0 Å². The van der Waals surface area contributed by atoms with Crippen molar-refractivity contribution in [2.24, 2.45) is 0 Å². The van der Waals surface area contributed by atoms with Crippen molar-refractivity contribution in [2.75, 3.05) is 13.1 Å². The van der Waals surface area contributed by atoms with E-state index in [2.05, 4.69) is 60.5 Å². The summed E-state index contributed by atoms with van der Waals surface area (Å²) < 4.78 is 0. The van der Waals surface area contributed by atoms with E-state index in [0.29, 0.717) is 0 Å². The fourth-order valence-electron chi connectivity index (χ4n) is 3.85. The third kappa shape index (κ3) is 4.10. The summed E-state index contributed by atoms with van der Waals surface area (Å²) in [6.07, 6.45) is 2.99. The summed E-state index contributed by atoms with van der Waals surface area (Å²) in [6, 6.07) is 18.7. The number of benzene rings is 2. The third-order valence-corrected chi connectivity index (χ3v) is 5.23. The summed E-state index contributed by atoms with van der Waals surface area (Å²) in [4.78, 5) is 15.4. The number of nitrogens with zero attached hydrogens (tertiary/aromatic N) is 1. The smallest absolute Gasteiger partial charge is 0.242 e. The van der Waals surface area contributed by atoms with Gasteiger partial charge in [0.15, 0.2) is 0 Å². The van der Waals surface area contributed by atoms with Gasteiger partial charge in [0.25, 0.3) is 0 Å². The Morgan fingerprint density at radius 2 is 1.68 bits per heavy atom. The van der Waals surface area contributed by atoms with Gasteiger partial charge in [0.1, 0.15) is 6.04 Å². The number of carbonyl (C=O) groups is 1. The zero-order valence-electron chi connectivity index (χ0n) is 15.2. The number of hydrogen-bond donors (Lipinski definition) is 1. The normalized spacial score (nSPS) is 17.8. The van der Waals surface area contributed by atoms with Crippen molar-refractivity contribution in [1.82, 2.24) is 10.2 Å². The van der Waals surface area contributed by atoms with Gasteiger partial charge in [-0.1, -0.05) is 68.4 Å². The molecule has 3 rings (SSSR count). The topological polar surface area (TPSA) is 32.3 Å². The van der Waals surface area contributed by atoms with Gasteiger partial charge in [0.05, 0.1) is 0 Å². The molecule has 1 N–H and O–H groups in total. The van der Waals surface area contributed by atoms with Gasteiger partial charge >= 0.3 is 0 Å². The van der Waals surface area contributed by atoms with E-state index in [1.54, 1.807) is 0 Å². The first-order chi connectivity index (χ1) is 12.2. The average Bonchev–Trinajstić information content (AvgIpc) is 2.66. The molecule has 0 radical (unpaired) electrons. The van der Waals surface area contributed by atoms with Crippen LogP contribution >= 0.6 is 0 Å². The Balaban J connectivity index is 1.75. The van der Waals surface area contributed by atoms with Crippen LogP contribution in [0.15, 0.2) is 54.6 Å². The van der Waals surface area contributed by atoms with E-state index in [4.69, 9.17) is 0 Å². The molecule has 2 aromatic rings. The molecule has 0 spiro atoms. The molecule has 2 atom stereocenters. The Labute approximate surface area is 151 Å². The first-order valence-corrected chi connectivity index (χ1v) is 9.39. The van der Waals surface area contributed by atoms with Crippen molar-refractivity contribution in [2.45, 2.75) is 45.2 Å². The maximum absolute atomic E-state index is 13.1. The summed E-state index contributed by atoms with van der Waals surface area (Å²) in [5.41, 5.74) is 3.87. The largest absolute Gasteiger partial charge is 0.351 e. The van der Waals surface area contributed by atoms with Crippen LogP contribution in [0.3, 0.4) is 0 Å². The second-order valence-corrected chi connectivity index (χ2v) is 6.75. The Morgan fingerprint density at radius 3 is 2.36 bits per heavy atom. The minimum Gasteiger partial charge on any atom is -0.351 e. The van der Waals surface area contributed by atoms with Crippen LogP contribution < -0.4 is 5.32 Å². The highest BCUT2D eigenvalue weighted by Crippen LogP contribution is 2.24. The SMILES string of the molecule is CCN(CC)C(C(=O)NC1CCc2ccccc2C1)c1ccccc1. The van der Waals surface area contributed by atoms with Gasteiger partial charge in [-0.2, -0.15) is 0 Å². The Bertz CT molecular complexity index is 694. The van der Waals surface area contributed by atoms with Crippen LogP contribution in [0.25, 0.3) is 0 Å². The first kappa shape index (κ1) is 17.7. The number of carbonyl (C=O) groups excluding carboxylic acids is 1. The predicted octanol–water partition coefficient (Wildman–Crippen LogP) is 3.74. The van der Waals surface area contributed by atoms with E-state index >= 15 is 0 Å². The van der Waals surface area contributed by atoms with Gasteiger partial charge in [-0.15, -0.1) is 0 Å². The maximum atomic E-state index is 13.1. The summed E-state index contributed by atoms with van der Waals surface area (Å²) >= 11 is 0. The summed E-state index contributed by atoms with van der Waals surface area (Å²) in [5.74, 6) is 0.124. The molecule has 0 saturated carbocycles. The van der Waals surface area contributed by atoms with Crippen molar-refractivity contribution in [3.05, 3.63) is 71.3 Å². The number of fused-ring (bicyclic) bond motifs is 1. The van der Waals surface area contributed by atoms with Crippen LogP contribution in [0.2, 0.25) is 0 Å². The fourth-order valence-corrected chi connectivity index (χ4v) is 3.85. The van der Waals surface area contributed by atoms with Crippen molar-refractivity contribution in [1.29, 1.82) is 0 Å². The lowest BCUT2D eigenvalue weighted by Gasteiger charge is -2.32. The van der Waals surface area contributed by atoms with Gasteiger partial charge in [-0.3, -0.25) is 9.69 Å².